The summed E-state index contributed by atoms with van der Waals surface area (Å²) in [5.74, 6) is 0.517. The third-order valence-electron chi connectivity index (χ3n) is 2.70. The molecule has 0 saturated heterocycles. The number of hydrogen-bond acceptors (Lipinski definition) is 4. The number of benzene rings is 1. The van der Waals surface area contributed by atoms with Gasteiger partial charge in [-0.1, -0.05) is 23.7 Å². The Morgan fingerprint density at radius 1 is 1.18 bits per heavy atom. The zero-order valence-corrected chi connectivity index (χ0v) is 13.2. The molecule has 2 amide bonds. The number of urea groups is 1. The van der Waals surface area contributed by atoms with Gasteiger partial charge in [-0.15, -0.1) is 0 Å². The standard InChI is InChI=1S/C15H18ClN5O/c1-10(2)20-15(22)21-13-5-3-11(4-6-13)7-17-14-18-8-12(16)9-19-14/h3-6,8-10H,7H2,1-2H3,(H,17,18,19)(H2,20,21,22). The van der Waals surface area contributed by atoms with Gasteiger partial charge in [-0.2, -0.15) is 0 Å². The molecule has 6 nitrogen and oxygen atoms in total. The van der Waals surface area contributed by atoms with Crippen molar-refractivity contribution in [3.05, 3.63) is 47.2 Å². The summed E-state index contributed by atoms with van der Waals surface area (Å²) in [5.41, 5.74) is 1.79. The van der Waals surface area contributed by atoms with Crippen molar-refractivity contribution >= 4 is 29.3 Å². The number of nitrogens with one attached hydrogen (secondary N) is 3. The van der Waals surface area contributed by atoms with Crippen LogP contribution in [0.4, 0.5) is 16.4 Å². The molecule has 0 aliphatic rings. The molecule has 2 aromatic rings. The van der Waals surface area contributed by atoms with E-state index in [1.807, 2.05) is 38.1 Å². The minimum atomic E-state index is -0.213. The summed E-state index contributed by atoms with van der Waals surface area (Å²) < 4.78 is 0. The molecule has 1 heterocycles. The highest BCUT2D eigenvalue weighted by Gasteiger charge is 2.03. The molecule has 116 valence electrons. The Morgan fingerprint density at radius 2 is 1.82 bits per heavy atom. The zero-order chi connectivity index (χ0) is 15.9. The van der Waals surface area contributed by atoms with Gasteiger partial charge in [0.2, 0.25) is 5.95 Å². The first-order chi connectivity index (χ1) is 10.5. The maximum absolute atomic E-state index is 11.6. The lowest BCUT2D eigenvalue weighted by atomic mass is 10.2. The minimum absolute atomic E-state index is 0.0999. The Morgan fingerprint density at radius 3 is 2.41 bits per heavy atom. The van der Waals surface area contributed by atoms with Crippen LogP contribution in [0.15, 0.2) is 36.7 Å². The average Bonchev–Trinajstić information content (AvgIpc) is 2.47. The Hall–Kier alpha value is -2.34. The maximum atomic E-state index is 11.6. The number of amides is 2. The van der Waals surface area contributed by atoms with Crippen molar-refractivity contribution in [1.29, 1.82) is 0 Å². The molecule has 3 N–H and O–H groups in total. The molecule has 0 bridgehead atoms. The normalized spacial score (nSPS) is 10.4. The maximum Gasteiger partial charge on any atom is 0.319 e. The van der Waals surface area contributed by atoms with Crippen LogP contribution in [0.5, 0.6) is 0 Å². The van der Waals surface area contributed by atoms with E-state index < -0.39 is 0 Å². The number of hydrogen-bond donors (Lipinski definition) is 3. The van der Waals surface area contributed by atoms with E-state index in [1.165, 1.54) is 12.4 Å². The lowest BCUT2D eigenvalue weighted by molar-refractivity contribution is 0.250. The minimum Gasteiger partial charge on any atom is -0.350 e. The first kappa shape index (κ1) is 16.0. The molecule has 0 saturated carbocycles. The molecule has 1 aromatic heterocycles. The van der Waals surface area contributed by atoms with Crippen molar-refractivity contribution in [3.8, 4) is 0 Å². The molecule has 2 rings (SSSR count). The second-order valence-electron chi connectivity index (χ2n) is 5.03. The Bertz CT molecular complexity index is 613. The van der Waals surface area contributed by atoms with E-state index in [0.29, 0.717) is 17.5 Å². The smallest absolute Gasteiger partial charge is 0.319 e. The number of carbonyl (C=O) groups excluding carboxylic acids is 1. The first-order valence-corrected chi connectivity index (χ1v) is 7.28. The second-order valence-corrected chi connectivity index (χ2v) is 5.46. The van der Waals surface area contributed by atoms with Crippen LogP contribution in [0, 0.1) is 0 Å². The van der Waals surface area contributed by atoms with E-state index in [-0.39, 0.29) is 12.1 Å². The fourth-order valence-electron chi connectivity index (χ4n) is 1.72. The van der Waals surface area contributed by atoms with E-state index in [4.69, 9.17) is 11.6 Å². The van der Waals surface area contributed by atoms with Gasteiger partial charge in [0.05, 0.1) is 17.4 Å². The third kappa shape index (κ3) is 5.21. The van der Waals surface area contributed by atoms with Gasteiger partial charge >= 0.3 is 6.03 Å². The molecule has 0 aliphatic heterocycles. The lowest BCUT2D eigenvalue weighted by Crippen LogP contribution is -2.34. The number of nitrogens with zero attached hydrogens (tertiary/aromatic N) is 2. The summed E-state index contributed by atoms with van der Waals surface area (Å²) in [6, 6.07) is 7.43. The summed E-state index contributed by atoms with van der Waals surface area (Å²) in [7, 11) is 0. The molecular formula is C15H18ClN5O. The Labute approximate surface area is 134 Å². The van der Waals surface area contributed by atoms with Crippen molar-refractivity contribution < 1.29 is 4.79 Å². The van der Waals surface area contributed by atoms with E-state index in [0.717, 1.165) is 11.3 Å². The Kier molecular flexibility index (Phi) is 5.55. The number of carbonyl (C=O) groups is 1. The third-order valence-corrected chi connectivity index (χ3v) is 2.90. The van der Waals surface area contributed by atoms with Crippen LogP contribution in [0.25, 0.3) is 0 Å². The van der Waals surface area contributed by atoms with Crippen LogP contribution in [-0.4, -0.2) is 22.0 Å². The predicted molar refractivity (Wildman–Crippen MR) is 88.1 cm³/mol. The van der Waals surface area contributed by atoms with Crippen LogP contribution in [-0.2, 0) is 6.54 Å². The summed E-state index contributed by atoms with van der Waals surface area (Å²) in [4.78, 5) is 19.7. The van der Waals surface area contributed by atoms with Gasteiger partial charge in [0, 0.05) is 18.3 Å². The SMILES string of the molecule is CC(C)NC(=O)Nc1ccc(CNc2ncc(Cl)cn2)cc1. The van der Waals surface area contributed by atoms with Gasteiger partial charge < -0.3 is 16.0 Å². The van der Waals surface area contributed by atoms with Gasteiger partial charge in [0.25, 0.3) is 0 Å². The highest BCUT2D eigenvalue weighted by Crippen LogP contribution is 2.11. The van der Waals surface area contributed by atoms with E-state index in [9.17, 15) is 4.79 Å². The average molecular weight is 320 g/mol. The first-order valence-electron chi connectivity index (χ1n) is 6.91. The molecular weight excluding hydrogens is 302 g/mol. The monoisotopic (exact) mass is 319 g/mol. The molecule has 0 spiro atoms. The van der Waals surface area contributed by atoms with Crippen LogP contribution in [0.2, 0.25) is 5.02 Å². The van der Waals surface area contributed by atoms with Crippen LogP contribution >= 0.6 is 11.6 Å². The molecule has 0 radical (unpaired) electrons. The summed E-state index contributed by atoms with van der Waals surface area (Å²) in [5, 5.41) is 9.13. The van der Waals surface area contributed by atoms with Gasteiger partial charge in [0.1, 0.15) is 0 Å². The highest BCUT2D eigenvalue weighted by molar-refractivity contribution is 6.30. The largest absolute Gasteiger partial charge is 0.350 e. The molecule has 1 aromatic carbocycles. The molecule has 22 heavy (non-hydrogen) atoms. The molecule has 0 aliphatic carbocycles. The number of rotatable bonds is 5. The Balaban J connectivity index is 1.86. The van der Waals surface area contributed by atoms with Gasteiger partial charge in [0.15, 0.2) is 0 Å². The van der Waals surface area contributed by atoms with Crippen molar-refractivity contribution in [2.45, 2.75) is 26.4 Å². The van der Waals surface area contributed by atoms with E-state index in [2.05, 4.69) is 25.9 Å². The van der Waals surface area contributed by atoms with Crippen molar-refractivity contribution in [2.24, 2.45) is 0 Å². The molecule has 0 fully saturated rings. The fraction of sp³-hybridized carbons (Fsp3) is 0.267. The fourth-order valence-corrected chi connectivity index (χ4v) is 1.82. The van der Waals surface area contributed by atoms with E-state index in [1.54, 1.807) is 0 Å². The summed E-state index contributed by atoms with van der Waals surface area (Å²) in [6.07, 6.45) is 3.08. The van der Waals surface area contributed by atoms with Crippen molar-refractivity contribution in [1.82, 2.24) is 15.3 Å². The van der Waals surface area contributed by atoms with Crippen molar-refractivity contribution in [2.75, 3.05) is 10.6 Å². The van der Waals surface area contributed by atoms with E-state index >= 15 is 0 Å². The quantitative estimate of drug-likeness (QED) is 0.790. The zero-order valence-electron chi connectivity index (χ0n) is 12.4. The van der Waals surface area contributed by atoms with Gasteiger partial charge in [-0.25, -0.2) is 14.8 Å². The molecule has 0 unspecified atom stereocenters. The molecule has 7 heteroatoms. The van der Waals surface area contributed by atoms with Crippen molar-refractivity contribution in [3.63, 3.8) is 0 Å². The number of aromatic nitrogens is 2. The predicted octanol–water partition coefficient (Wildman–Crippen LogP) is 3.27. The van der Waals surface area contributed by atoms with Crippen LogP contribution in [0.3, 0.4) is 0 Å². The lowest BCUT2D eigenvalue weighted by Gasteiger charge is -2.10. The second kappa shape index (κ2) is 7.61. The van der Waals surface area contributed by atoms with Crippen LogP contribution < -0.4 is 16.0 Å². The topological polar surface area (TPSA) is 78.9 Å². The summed E-state index contributed by atoms with van der Waals surface area (Å²) >= 11 is 5.73. The van der Waals surface area contributed by atoms with Crippen LogP contribution in [0.1, 0.15) is 19.4 Å². The van der Waals surface area contributed by atoms with Gasteiger partial charge in [-0.05, 0) is 31.5 Å². The molecule has 0 atom stereocenters. The van der Waals surface area contributed by atoms with Gasteiger partial charge in [-0.3, -0.25) is 0 Å². The number of halogens is 1. The summed E-state index contributed by atoms with van der Waals surface area (Å²) in [6.45, 7) is 4.40. The number of anilines is 2. The highest BCUT2D eigenvalue weighted by atomic mass is 35.5.